The number of hydrogen-bond acceptors (Lipinski definition) is 3. The summed E-state index contributed by atoms with van der Waals surface area (Å²) in [4.78, 5) is 5.29. The van der Waals surface area contributed by atoms with E-state index in [-0.39, 0.29) is 0 Å². The van der Waals surface area contributed by atoms with E-state index in [0.29, 0.717) is 0 Å². The van der Waals surface area contributed by atoms with Gasteiger partial charge < -0.3 is 5.11 Å². The normalized spacial score (nSPS) is 13.9. The van der Waals surface area contributed by atoms with E-state index in [2.05, 4.69) is 4.98 Å². The molecular weight excluding hydrogens is 266 g/mol. The van der Waals surface area contributed by atoms with E-state index in [1.807, 2.05) is 67.6 Å². The van der Waals surface area contributed by atoms with Crippen LogP contribution in [0.1, 0.15) is 17.4 Å². The molecule has 3 heteroatoms. The molecule has 1 aromatic heterocycles. The number of aliphatic hydroxyl groups is 1. The predicted molar refractivity (Wildman–Crippen MR) is 82.7 cm³/mol. The van der Waals surface area contributed by atoms with Crippen molar-refractivity contribution < 1.29 is 5.11 Å². The van der Waals surface area contributed by atoms with Crippen LogP contribution in [0.25, 0.3) is 10.6 Å². The van der Waals surface area contributed by atoms with E-state index in [1.165, 1.54) is 11.3 Å². The van der Waals surface area contributed by atoms with Crippen LogP contribution in [0.3, 0.4) is 0 Å². The molecule has 0 amide bonds. The maximum atomic E-state index is 10.8. The third-order valence-electron chi connectivity index (χ3n) is 3.34. The van der Waals surface area contributed by atoms with Crippen molar-refractivity contribution in [2.75, 3.05) is 0 Å². The Morgan fingerprint density at radius 1 is 0.950 bits per heavy atom. The lowest BCUT2D eigenvalue weighted by Gasteiger charge is -2.21. The Bertz CT molecular complexity index is 689. The molecule has 0 aliphatic rings. The third-order valence-corrected chi connectivity index (χ3v) is 4.60. The first-order valence-electron chi connectivity index (χ1n) is 6.47. The van der Waals surface area contributed by atoms with E-state index in [4.69, 9.17) is 0 Å². The molecule has 1 atom stereocenters. The van der Waals surface area contributed by atoms with Gasteiger partial charge in [-0.15, -0.1) is 11.3 Å². The fraction of sp³-hybridized carbons (Fsp3) is 0.118. The van der Waals surface area contributed by atoms with Crippen molar-refractivity contribution in [2.24, 2.45) is 0 Å². The average Bonchev–Trinajstić information content (AvgIpc) is 3.00. The highest BCUT2D eigenvalue weighted by atomic mass is 32.1. The number of aromatic nitrogens is 1. The second-order valence-electron chi connectivity index (χ2n) is 4.83. The Morgan fingerprint density at radius 3 is 2.20 bits per heavy atom. The largest absolute Gasteiger partial charge is 0.380 e. The fourth-order valence-electron chi connectivity index (χ4n) is 2.12. The molecule has 0 fully saturated rings. The summed E-state index contributed by atoms with van der Waals surface area (Å²) in [7, 11) is 0. The quantitative estimate of drug-likeness (QED) is 0.785. The van der Waals surface area contributed by atoms with Gasteiger partial charge in [0, 0.05) is 11.8 Å². The Hall–Kier alpha value is -1.97. The summed E-state index contributed by atoms with van der Waals surface area (Å²) in [6.07, 6.45) is 1.76. The number of hydrogen-bond donors (Lipinski definition) is 1. The zero-order chi connectivity index (χ0) is 14.0. The van der Waals surface area contributed by atoms with Crippen LogP contribution in [0.2, 0.25) is 0 Å². The molecule has 0 aliphatic carbocycles. The van der Waals surface area contributed by atoms with Gasteiger partial charge in [0.05, 0.1) is 4.88 Å². The van der Waals surface area contributed by atoms with Crippen molar-refractivity contribution in [3.63, 3.8) is 0 Å². The minimum atomic E-state index is -1.01. The van der Waals surface area contributed by atoms with E-state index >= 15 is 0 Å². The first-order valence-corrected chi connectivity index (χ1v) is 7.29. The van der Waals surface area contributed by atoms with Crippen LogP contribution in [0.4, 0.5) is 0 Å². The van der Waals surface area contributed by atoms with Crippen LogP contribution >= 0.6 is 11.3 Å². The molecule has 1 N–H and O–H groups in total. The van der Waals surface area contributed by atoms with Crippen LogP contribution in [0.15, 0.2) is 66.9 Å². The molecule has 0 spiro atoms. The molecule has 20 heavy (non-hydrogen) atoms. The summed E-state index contributed by atoms with van der Waals surface area (Å²) in [5.41, 5.74) is 0.947. The predicted octanol–water partition coefficient (Wildman–Crippen LogP) is 4.07. The second-order valence-corrected chi connectivity index (χ2v) is 5.86. The lowest BCUT2D eigenvalue weighted by atomic mass is 9.95. The average molecular weight is 281 g/mol. The number of rotatable bonds is 3. The van der Waals surface area contributed by atoms with Gasteiger partial charge in [-0.05, 0) is 12.5 Å². The SMILES string of the molecule is CC(O)(c1ccccc1)c1cnc(-c2ccccc2)s1. The molecule has 0 saturated carbocycles. The van der Waals surface area contributed by atoms with E-state index in [1.54, 1.807) is 6.20 Å². The molecule has 1 unspecified atom stereocenters. The third kappa shape index (κ3) is 2.38. The van der Waals surface area contributed by atoms with Crippen molar-refractivity contribution in [1.82, 2.24) is 4.98 Å². The number of nitrogens with zero attached hydrogens (tertiary/aromatic N) is 1. The molecule has 100 valence electrons. The number of benzene rings is 2. The van der Waals surface area contributed by atoms with Gasteiger partial charge in [-0.1, -0.05) is 60.7 Å². The monoisotopic (exact) mass is 281 g/mol. The molecule has 2 aromatic carbocycles. The van der Waals surface area contributed by atoms with Crippen molar-refractivity contribution in [1.29, 1.82) is 0 Å². The highest BCUT2D eigenvalue weighted by Gasteiger charge is 2.28. The van der Waals surface area contributed by atoms with Gasteiger partial charge in [0.25, 0.3) is 0 Å². The molecule has 3 aromatic rings. The highest BCUT2D eigenvalue weighted by Crippen LogP contribution is 2.35. The first kappa shape index (κ1) is 13.0. The van der Waals surface area contributed by atoms with Crippen molar-refractivity contribution in [3.05, 3.63) is 77.3 Å². The Labute approximate surface area is 122 Å². The summed E-state index contributed by atoms with van der Waals surface area (Å²) >= 11 is 1.53. The first-order chi connectivity index (χ1) is 9.68. The molecule has 0 saturated heterocycles. The van der Waals surface area contributed by atoms with Gasteiger partial charge in [-0.3, -0.25) is 0 Å². The lowest BCUT2D eigenvalue weighted by Crippen LogP contribution is -2.21. The molecule has 2 nitrogen and oxygen atoms in total. The summed E-state index contributed by atoms with van der Waals surface area (Å²) in [5, 5.41) is 11.7. The zero-order valence-corrected chi connectivity index (χ0v) is 12.0. The standard InChI is InChI=1S/C17H15NOS/c1-17(19,14-10-6-3-7-11-14)15-12-18-16(20-15)13-8-4-2-5-9-13/h2-12,19H,1H3. The minimum Gasteiger partial charge on any atom is -0.380 e. The van der Waals surface area contributed by atoms with E-state index in [0.717, 1.165) is 21.0 Å². The second kappa shape index (κ2) is 5.19. The number of thiazole rings is 1. The Kier molecular flexibility index (Phi) is 3.38. The molecule has 1 heterocycles. The Balaban J connectivity index is 1.98. The van der Waals surface area contributed by atoms with Crippen LogP contribution in [-0.2, 0) is 5.60 Å². The highest BCUT2D eigenvalue weighted by molar-refractivity contribution is 7.15. The van der Waals surface area contributed by atoms with Gasteiger partial charge in [-0.2, -0.15) is 0 Å². The topological polar surface area (TPSA) is 33.1 Å². The fourth-order valence-corrected chi connectivity index (χ4v) is 3.11. The lowest BCUT2D eigenvalue weighted by molar-refractivity contribution is 0.106. The minimum absolute atomic E-state index is 0.850. The Morgan fingerprint density at radius 2 is 1.55 bits per heavy atom. The van der Waals surface area contributed by atoms with Gasteiger partial charge in [0.2, 0.25) is 0 Å². The van der Waals surface area contributed by atoms with Crippen LogP contribution < -0.4 is 0 Å². The van der Waals surface area contributed by atoms with Crippen LogP contribution in [0, 0.1) is 0 Å². The maximum absolute atomic E-state index is 10.8. The zero-order valence-electron chi connectivity index (χ0n) is 11.2. The summed E-state index contributed by atoms with van der Waals surface area (Å²) < 4.78 is 0. The molecular formula is C17H15NOS. The summed E-state index contributed by atoms with van der Waals surface area (Å²) in [6.45, 7) is 1.81. The van der Waals surface area contributed by atoms with E-state index in [9.17, 15) is 5.11 Å². The van der Waals surface area contributed by atoms with Crippen molar-refractivity contribution >= 4 is 11.3 Å². The van der Waals surface area contributed by atoms with Crippen LogP contribution in [0.5, 0.6) is 0 Å². The van der Waals surface area contributed by atoms with Crippen molar-refractivity contribution in [2.45, 2.75) is 12.5 Å². The van der Waals surface area contributed by atoms with Gasteiger partial charge in [0.15, 0.2) is 0 Å². The van der Waals surface area contributed by atoms with E-state index < -0.39 is 5.60 Å². The van der Waals surface area contributed by atoms with Gasteiger partial charge >= 0.3 is 0 Å². The molecule has 3 rings (SSSR count). The van der Waals surface area contributed by atoms with Gasteiger partial charge in [-0.25, -0.2) is 4.98 Å². The maximum Gasteiger partial charge on any atom is 0.123 e. The molecule has 0 aliphatic heterocycles. The van der Waals surface area contributed by atoms with Crippen LogP contribution in [-0.4, -0.2) is 10.1 Å². The summed E-state index contributed by atoms with van der Waals surface area (Å²) in [6, 6.07) is 19.7. The molecule has 0 bridgehead atoms. The smallest absolute Gasteiger partial charge is 0.123 e. The molecule has 0 radical (unpaired) electrons. The summed E-state index contributed by atoms with van der Waals surface area (Å²) in [5.74, 6) is 0. The van der Waals surface area contributed by atoms with Crippen molar-refractivity contribution in [3.8, 4) is 10.6 Å². The van der Waals surface area contributed by atoms with Gasteiger partial charge in [0.1, 0.15) is 10.6 Å².